The van der Waals surface area contributed by atoms with Crippen molar-refractivity contribution in [1.82, 2.24) is 4.31 Å². The van der Waals surface area contributed by atoms with E-state index < -0.39 is 15.8 Å². The summed E-state index contributed by atoms with van der Waals surface area (Å²) >= 11 is 3.50. The van der Waals surface area contributed by atoms with Crippen molar-refractivity contribution in [1.29, 1.82) is 0 Å². The number of rotatable bonds is 3. The van der Waals surface area contributed by atoms with Gasteiger partial charge in [0, 0.05) is 29.0 Å². The topological polar surface area (TPSA) is 37.4 Å². The van der Waals surface area contributed by atoms with E-state index >= 15 is 0 Å². The zero-order valence-corrected chi connectivity index (χ0v) is 14.3. The molecular formula is C15H16FNO2S3. The van der Waals surface area contributed by atoms with E-state index in [1.165, 1.54) is 27.4 Å². The molecule has 1 fully saturated rings. The Kier molecular flexibility index (Phi) is 4.87. The molecule has 0 N–H and O–H groups in total. The number of halogens is 1. The summed E-state index contributed by atoms with van der Waals surface area (Å²) in [5, 5.41) is 2.38. The van der Waals surface area contributed by atoms with E-state index in [2.05, 4.69) is 6.07 Å². The number of thiophene rings is 1. The van der Waals surface area contributed by atoms with Crippen LogP contribution in [0.3, 0.4) is 0 Å². The third-order valence-electron chi connectivity index (χ3n) is 3.59. The van der Waals surface area contributed by atoms with E-state index in [0.717, 1.165) is 18.2 Å². The van der Waals surface area contributed by atoms with Crippen LogP contribution in [-0.4, -0.2) is 31.6 Å². The van der Waals surface area contributed by atoms with E-state index in [0.29, 0.717) is 18.3 Å². The summed E-state index contributed by atoms with van der Waals surface area (Å²) in [6.45, 7) is 0.930. The van der Waals surface area contributed by atoms with Crippen LogP contribution in [0.15, 0.2) is 46.7 Å². The van der Waals surface area contributed by atoms with Gasteiger partial charge in [0.25, 0.3) is 0 Å². The van der Waals surface area contributed by atoms with Crippen LogP contribution in [0.1, 0.15) is 16.5 Å². The highest BCUT2D eigenvalue weighted by Gasteiger charge is 2.28. The summed E-state index contributed by atoms with van der Waals surface area (Å²) in [5.41, 5.74) is 0. The third-order valence-corrected chi connectivity index (χ3v) is 7.93. The largest absolute Gasteiger partial charge is 0.243 e. The lowest BCUT2D eigenvalue weighted by Gasteiger charge is -2.19. The highest BCUT2D eigenvalue weighted by Crippen LogP contribution is 2.37. The van der Waals surface area contributed by atoms with E-state index in [4.69, 9.17) is 0 Å². The Bertz CT molecular complexity index is 731. The fourth-order valence-corrected chi connectivity index (χ4v) is 6.31. The van der Waals surface area contributed by atoms with Gasteiger partial charge < -0.3 is 0 Å². The van der Waals surface area contributed by atoms with Crippen molar-refractivity contribution >= 4 is 33.1 Å². The maximum absolute atomic E-state index is 13.3. The maximum Gasteiger partial charge on any atom is 0.243 e. The lowest BCUT2D eigenvalue weighted by molar-refractivity contribution is 0.428. The lowest BCUT2D eigenvalue weighted by atomic mass is 10.2. The normalized spacial score (nSPS) is 20.7. The molecule has 0 bridgehead atoms. The zero-order chi connectivity index (χ0) is 15.6. The lowest BCUT2D eigenvalue weighted by Crippen LogP contribution is -2.33. The van der Waals surface area contributed by atoms with E-state index in [-0.39, 0.29) is 4.90 Å². The molecule has 118 valence electrons. The molecular weight excluding hydrogens is 341 g/mol. The first kappa shape index (κ1) is 16.0. The van der Waals surface area contributed by atoms with Gasteiger partial charge >= 0.3 is 0 Å². The van der Waals surface area contributed by atoms with Crippen molar-refractivity contribution in [3.8, 4) is 0 Å². The highest BCUT2D eigenvalue weighted by atomic mass is 32.2. The van der Waals surface area contributed by atoms with Gasteiger partial charge in [0.2, 0.25) is 10.0 Å². The molecule has 1 unspecified atom stereocenters. The second kappa shape index (κ2) is 6.70. The predicted molar refractivity (Wildman–Crippen MR) is 89.3 cm³/mol. The Hall–Kier alpha value is -0.890. The second-order valence-corrected chi connectivity index (χ2v) is 9.25. The Morgan fingerprint density at radius 1 is 1.18 bits per heavy atom. The standard InChI is InChI=1S/C15H16FNO2S3/c16-12-3-1-4-13(11-12)22(18,19)17-7-6-15(21-10-8-17)14-5-2-9-20-14/h1-5,9,11,15H,6-8,10H2. The number of nitrogens with zero attached hydrogens (tertiary/aromatic N) is 1. The molecule has 1 aliphatic rings. The molecule has 2 heterocycles. The van der Waals surface area contributed by atoms with E-state index in [9.17, 15) is 12.8 Å². The summed E-state index contributed by atoms with van der Waals surface area (Å²) < 4.78 is 40.1. The quantitative estimate of drug-likeness (QED) is 0.839. The molecule has 1 aliphatic heterocycles. The average molecular weight is 357 g/mol. The molecule has 0 aliphatic carbocycles. The molecule has 7 heteroatoms. The van der Waals surface area contributed by atoms with Gasteiger partial charge in [-0.2, -0.15) is 16.1 Å². The van der Waals surface area contributed by atoms with Crippen LogP contribution in [0.25, 0.3) is 0 Å². The SMILES string of the molecule is O=S(=O)(c1cccc(F)c1)N1CCSC(c2cccs2)CC1. The summed E-state index contributed by atoms with van der Waals surface area (Å²) in [6.07, 6.45) is 0.778. The Labute approximate surface area is 138 Å². The average Bonchev–Trinajstić information content (AvgIpc) is 2.91. The van der Waals surface area contributed by atoms with Gasteiger partial charge in [0.1, 0.15) is 5.82 Å². The summed E-state index contributed by atoms with van der Waals surface area (Å²) in [5.74, 6) is 0.221. The molecule has 0 radical (unpaired) electrons. The highest BCUT2D eigenvalue weighted by molar-refractivity contribution is 7.99. The molecule has 0 saturated carbocycles. The van der Waals surface area contributed by atoms with Crippen LogP contribution in [0.5, 0.6) is 0 Å². The first-order valence-corrected chi connectivity index (χ1v) is 10.3. The molecule has 22 heavy (non-hydrogen) atoms. The second-order valence-electron chi connectivity index (χ2n) is 5.02. The van der Waals surface area contributed by atoms with Gasteiger partial charge in [0.05, 0.1) is 4.90 Å². The van der Waals surface area contributed by atoms with Gasteiger partial charge in [-0.25, -0.2) is 12.8 Å². The Morgan fingerprint density at radius 2 is 2.05 bits per heavy atom. The van der Waals surface area contributed by atoms with Gasteiger partial charge in [-0.05, 0) is 36.1 Å². The maximum atomic E-state index is 13.3. The molecule has 1 atom stereocenters. The fourth-order valence-electron chi connectivity index (χ4n) is 2.47. The van der Waals surface area contributed by atoms with Crippen molar-refractivity contribution in [3.05, 3.63) is 52.5 Å². The monoisotopic (exact) mass is 357 g/mol. The summed E-state index contributed by atoms with van der Waals surface area (Å²) in [6, 6.07) is 9.34. The minimum absolute atomic E-state index is 0.0343. The van der Waals surface area contributed by atoms with Crippen molar-refractivity contribution in [2.24, 2.45) is 0 Å². The molecule has 3 rings (SSSR count). The van der Waals surface area contributed by atoms with Crippen LogP contribution >= 0.6 is 23.1 Å². The molecule has 1 aromatic heterocycles. The van der Waals surface area contributed by atoms with Gasteiger partial charge in [0.15, 0.2) is 0 Å². The van der Waals surface area contributed by atoms with Crippen molar-refractivity contribution in [2.75, 3.05) is 18.8 Å². The van der Waals surface area contributed by atoms with Gasteiger partial charge in [-0.1, -0.05) is 12.1 Å². The predicted octanol–water partition coefficient (Wildman–Crippen LogP) is 3.76. The van der Waals surface area contributed by atoms with Crippen LogP contribution < -0.4 is 0 Å². The minimum atomic E-state index is -3.62. The van der Waals surface area contributed by atoms with Crippen molar-refractivity contribution in [3.63, 3.8) is 0 Å². The number of thioether (sulfide) groups is 1. The van der Waals surface area contributed by atoms with Crippen LogP contribution in [0.4, 0.5) is 4.39 Å². The van der Waals surface area contributed by atoms with Gasteiger partial charge in [-0.3, -0.25) is 0 Å². The first-order valence-electron chi connectivity index (χ1n) is 6.98. The number of hydrogen-bond acceptors (Lipinski definition) is 4. The molecule has 1 saturated heterocycles. The Morgan fingerprint density at radius 3 is 2.77 bits per heavy atom. The van der Waals surface area contributed by atoms with Crippen LogP contribution in [0.2, 0.25) is 0 Å². The minimum Gasteiger partial charge on any atom is -0.207 e. The zero-order valence-electron chi connectivity index (χ0n) is 11.8. The first-order chi connectivity index (χ1) is 10.6. The third kappa shape index (κ3) is 3.37. The fraction of sp³-hybridized carbons (Fsp3) is 0.333. The molecule has 2 aromatic rings. The molecule has 1 aromatic carbocycles. The number of benzene rings is 1. The van der Waals surface area contributed by atoms with Crippen LogP contribution in [-0.2, 0) is 10.0 Å². The van der Waals surface area contributed by atoms with Gasteiger partial charge in [-0.15, -0.1) is 11.3 Å². The molecule has 3 nitrogen and oxygen atoms in total. The van der Waals surface area contributed by atoms with Crippen molar-refractivity contribution < 1.29 is 12.8 Å². The molecule has 0 spiro atoms. The molecule has 0 amide bonds. The number of sulfonamides is 1. The van der Waals surface area contributed by atoms with Crippen molar-refractivity contribution in [2.45, 2.75) is 16.6 Å². The smallest absolute Gasteiger partial charge is 0.207 e. The Balaban J connectivity index is 1.78. The van der Waals surface area contributed by atoms with E-state index in [1.54, 1.807) is 23.1 Å². The van der Waals surface area contributed by atoms with E-state index in [1.807, 2.05) is 11.4 Å². The number of hydrogen-bond donors (Lipinski definition) is 0. The van der Waals surface area contributed by atoms with Crippen LogP contribution in [0, 0.1) is 5.82 Å². The summed E-state index contributed by atoms with van der Waals surface area (Å²) in [4.78, 5) is 1.32. The summed E-state index contributed by atoms with van der Waals surface area (Å²) in [7, 11) is -3.62.